The average molecular weight is 278 g/mol. The van der Waals surface area contributed by atoms with Crippen molar-refractivity contribution in [3.8, 4) is 0 Å². The molecule has 4 heteroatoms. The first kappa shape index (κ1) is 9.70. The van der Waals surface area contributed by atoms with E-state index in [1.807, 2.05) is 27.1 Å². The van der Waals surface area contributed by atoms with Crippen LogP contribution in [0.15, 0.2) is 6.20 Å². The highest BCUT2D eigenvalue weighted by atomic mass is 127. The minimum absolute atomic E-state index is 0.0217. The molecule has 1 rings (SSSR count). The number of nitrogens with zero attached hydrogens (tertiary/aromatic N) is 2. The van der Waals surface area contributed by atoms with Gasteiger partial charge in [0.15, 0.2) is 5.78 Å². The van der Waals surface area contributed by atoms with Crippen LogP contribution < -0.4 is 0 Å². The van der Waals surface area contributed by atoms with Crippen LogP contribution in [0.3, 0.4) is 0 Å². The fraction of sp³-hybridized carbons (Fsp3) is 0.500. The maximum atomic E-state index is 11.5. The summed E-state index contributed by atoms with van der Waals surface area (Å²) in [5, 5.41) is 4.09. The lowest BCUT2D eigenvalue weighted by atomic mass is 10.1. The van der Waals surface area contributed by atoms with Gasteiger partial charge in [0.1, 0.15) is 5.69 Å². The van der Waals surface area contributed by atoms with Crippen molar-refractivity contribution in [2.45, 2.75) is 13.8 Å². The molecule has 0 aliphatic heterocycles. The van der Waals surface area contributed by atoms with Gasteiger partial charge in [0.2, 0.25) is 0 Å². The molecule has 1 aromatic heterocycles. The second-order valence-corrected chi connectivity index (χ2v) is 4.18. The van der Waals surface area contributed by atoms with Gasteiger partial charge in [0.25, 0.3) is 0 Å². The Labute approximate surface area is 85.3 Å². The summed E-state index contributed by atoms with van der Waals surface area (Å²) in [5.74, 6) is 0.133. The summed E-state index contributed by atoms with van der Waals surface area (Å²) in [6.45, 7) is 3.76. The van der Waals surface area contributed by atoms with Gasteiger partial charge in [-0.25, -0.2) is 0 Å². The number of Topliss-reactive ketones (excluding diaryl/α,β-unsaturated/α-hetero) is 1. The number of aryl methyl sites for hydroxylation is 1. The van der Waals surface area contributed by atoms with Crippen molar-refractivity contribution < 1.29 is 4.79 Å². The quantitative estimate of drug-likeness (QED) is 0.611. The van der Waals surface area contributed by atoms with Crippen LogP contribution >= 0.6 is 22.6 Å². The highest BCUT2D eigenvalue weighted by molar-refractivity contribution is 14.1. The standard InChI is InChI=1S/C8H11IN2O/c1-5(2)8(12)7-6(9)4-11(3)10-7/h4-5H,1-3H3. The van der Waals surface area contributed by atoms with Crippen LogP contribution in [0, 0.1) is 9.49 Å². The molecule has 1 heterocycles. The van der Waals surface area contributed by atoms with E-state index in [1.165, 1.54) is 0 Å². The van der Waals surface area contributed by atoms with E-state index in [9.17, 15) is 4.79 Å². The van der Waals surface area contributed by atoms with Gasteiger partial charge >= 0.3 is 0 Å². The van der Waals surface area contributed by atoms with Gasteiger partial charge in [-0.2, -0.15) is 5.10 Å². The number of carbonyl (C=O) groups is 1. The second kappa shape index (κ2) is 3.55. The molecule has 0 amide bonds. The van der Waals surface area contributed by atoms with Crippen LogP contribution in [0.1, 0.15) is 24.3 Å². The van der Waals surface area contributed by atoms with Gasteiger partial charge < -0.3 is 0 Å². The molecule has 0 saturated carbocycles. The van der Waals surface area contributed by atoms with Crippen molar-refractivity contribution in [1.29, 1.82) is 0 Å². The minimum atomic E-state index is 0.0217. The Hall–Kier alpha value is -0.390. The number of carbonyl (C=O) groups excluding carboxylic acids is 1. The van der Waals surface area contributed by atoms with E-state index in [4.69, 9.17) is 0 Å². The van der Waals surface area contributed by atoms with Crippen LogP contribution in [0.25, 0.3) is 0 Å². The molecule has 12 heavy (non-hydrogen) atoms. The summed E-state index contributed by atoms with van der Waals surface area (Å²) in [4.78, 5) is 11.5. The summed E-state index contributed by atoms with van der Waals surface area (Å²) in [6.07, 6.45) is 1.84. The fourth-order valence-electron chi connectivity index (χ4n) is 0.900. The van der Waals surface area contributed by atoms with E-state index in [1.54, 1.807) is 4.68 Å². The van der Waals surface area contributed by atoms with Crippen LogP contribution in [-0.4, -0.2) is 15.6 Å². The van der Waals surface area contributed by atoms with Gasteiger partial charge in [0.05, 0.1) is 3.57 Å². The number of hydrogen-bond donors (Lipinski definition) is 0. The Morgan fingerprint density at radius 3 is 2.58 bits per heavy atom. The first-order valence-corrected chi connectivity index (χ1v) is 4.83. The van der Waals surface area contributed by atoms with Crippen LogP contribution in [0.4, 0.5) is 0 Å². The predicted molar refractivity (Wildman–Crippen MR) is 55.1 cm³/mol. The Morgan fingerprint density at radius 1 is 1.67 bits per heavy atom. The van der Waals surface area contributed by atoms with Gasteiger partial charge in [0, 0.05) is 19.2 Å². The molecular weight excluding hydrogens is 267 g/mol. The molecule has 0 bridgehead atoms. The number of rotatable bonds is 2. The molecule has 0 saturated heterocycles. The SMILES string of the molecule is CC(C)C(=O)c1nn(C)cc1I. The normalized spacial score (nSPS) is 10.8. The highest BCUT2D eigenvalue weighted by Crippen LogP contribution is 2.13. The minimum Gasteiger partial charge on any atom is -0.292 e. The number of ketones is 1. The lowest BCUT2D eigenvalue weighted by Gasteiger charge is -1.99. The molecule has 0 aliphatic rings. The lowest BCUT2D eigenvalue weighted by Crippen LogP contribution is -2.09. The molecule has 0 unspecified atom stereocenters. The van der Waals surface area contributed by atoms with Crippen molar-refractivity contribution >= 4 is 28.4 Å². The molecule has 3 nitrogen and oxygen atoms in total. The third kappa shape index (κ3) is 1.85. The van der Waals surface area contributed by atoms with Gasteiger partial charge in [-0.3, -0.25) is 9.48 Å². The largest absolute Gasteiger partial charge is 0.292 e. The zero-order chi connectivity index (χ0) is 9.30. The zero-order valence-electron chi connectivity index (χ0n) is 7.34. The van der Waals surface area contributed by atoms with E-state index in [0.717, 1.165) is 3.57 Å². The maximum Gasteiger partial charge on any atom is 0.186 e. The third-order valence-electron chi connectivity index (χ3n) is 1.54. The maximum absolute atomic E-state index is 11.5. The topological polar surface area (TPSA) is 34.9 Å². The molecule has 0 spiro atoms. The van der Waals surface area contributed by atoms with Gasteiger partial charge in [-0.15, -0.1) is 0 Å². The molecule has 0 atom stereocenters. The molecule has 0 radical (unpaired) electrons. The molecule has 1 aromatic rings. The summed E-state index contributed by atoms with van der Waals surface area (Å²) in [7, 11) is 1.82. The van der Waals surface area contributed by atoms with E-state index < -0.39 is 0 Å². The molecular formula is C8H11IN2O. The molecule has 0 aromatic carbocycles. The number of hydrogen-bond acceptors (Lipinski definition) is 2. The van der Waals surface area contributed by atoms with Crippen molar-refractivity contribution in [1.82, 2.24) is 9.78 Å². The van der Waals surface area contributed by atoms with Crippen LogP contribution in [0.2, 0.25) is 0 Å². The van der Waals surface area contributed by atoms with E-state index in [0.29, 0.717) is 5.69 Å². The van der Waals surface area contributed by atoms with Crippen molar-refractivity contribution in [2.24, 2.45) is 13.0 Å². The summed E-state index contributed by atoms with van der Waals surface area (Å²) < 4.78 is 2.59. The Morgan fingerprint density at radius 2 is 2.25 bits per heavy atom. The summed E-state index contributed by atoms with van der Waals surface area (Å²) in [5.41, 5.74) is 0.591. The number of aromatic nitrogens is 2. The monoisotopic (exact) mass is 278 g/mol. The zero-order valence-corrected chi connectivity index (χ0v) is 9.49. The first-order chi connectivity index (χ1) is 5.52. The Bertz CT molecular complexity index is 304. The summed E-state index contributed by atoms with van der Waals surface area (Å²) in [6, 6.07) is 0. The second-order valence-electron chi connectivity index (χ2n) is 3.02. The van der Waals surface area contributed by atoms with Crippen molar-refractivity contribution in [3.63, 3.8) is 0 Å². The Kier molecular flexibility index (Phi) is 2.87. The molecule has 0 fully saturated rings. The van der Waals surface area contributed by atoms with E-state index in [-0.39, 0.29) is 11.7 Å². The molecule has 0 N–H and O–H groups in total. The van der Waals surface area contributed by atoms with Crippen LogP contribution in [0.5, 0.6) is 0 Å². The molecule has 66 valence electrons. The molecule has 0 aliphatic carbocycles. The fourth-order valence-corrected chi connectivity index (χ4v) is 1.68. The third-order valence-corrected chi connectivity index (χ3v) is 2.33. The van der Waals surface area contributed by atoms with Crippen molar-refractivity contribution in [2.75, 3.05) is 0 Å². The number of halogens is 1. The van der Waals surface area contributed by atoms with Gasteiger partial charge in [-0.1, -0.05) is 13.8 Å². The van der Waals surface area contributed by atoms with E-state index in [2.05, 4.69) is 27.7 Å². The smallest absolute Gasteiger partial charge is 0.186 e. The average Bonchev–Trinajstić information content (AvgIpc) is 2.28. The van der Waals surface area contributed by atoms with Gasteiger partial charge in [-0.05, 0) is 22.6 Å². The predicted octanol–water partition coefficient (Wildman–Crippen LogP) is 1.86. The first-order valence-electron chi connectivity index (χ1n) is 3.75. The van der Waals surface area contributed by atoms with E-state index >= 15 is 0 Å². The Balaban J connectivity index is 3.02. The summed E-state index contributed by atoms with van der Waals surface area (Å²) >= 11 is 2.13. The van der Waals surface area contributed by atoms with Crippen LogP contribution in [-0.2, 0) is 7.05 Å². The highest BCUT2D eigenvalue weighted by Gasteiger charge is 2.16. The van der Waals surface area contributed by atoms with Crippen molar-refractivity contribution in [3.05, 3.63) is 15.5 Å². The lowest BCUT2D eigenvalue weighted by molar-refractivity contribution is 0.0933.